The third kappa shape index (κ3) is 5.78. The Hall–Kier alpha value is -4.04. The SMILES string of the molecule is CNC(=O)c1c(O)c2ncc(CC3C=CC(F)=CC3)cc2n(C[C@H](O)C(=O)NCC(C)(C)C#N)c1=O. The minimum Gasteiger partial charge on any atom is -0.505 e. The molecule has 0 saturated heterocycles. The highest BCUT2D eigenvalue weighted by molar-refractivity contribution is 6.01. The molecule has 1 aliphatic rings. The van der Waals surface area contributed by atoms with Gasteiger partial charge in [-0.1, -0.05) is 6.08 Å². The van der Waals surface area contributed by atoms with Crippen LogP contribution < -0.4 is 16.2 Å². The van der Waals surface area contributed by atoms with Crippen LogP contribution in [0.4, 0.5) is 4.39 Å². The summed E-state index contributed by atoms with van der Waals surface area (Å²) in [7, 11) is 1.29. The highest BCUT2D eigenvalue weighted by Crippen LogP contribution is 2.27. The third-order valence-corrected chi connectivity index (χ3v) is 5.90. The zero-order valence-electron chi connectivity index (χ0n) is 20.2. The first-order valence-corrected chi connectivity index (χ1v) is 11.3. The number of aromatic hydroxyl groups is 1. The molecule has 0 aromatic carbocycles. The summed E-state index contributed by atoms with van der Waals surface area (Å²) < 4.78 is 14.3. The molecule has 36 heavy (non-hydrogen) atoms. The van der Waals surface area contributed by atoms with Gasteiger partial charge in [-0.3, -0.25) is 19.4 Å². The van der Waals surface area contributed by atoms with Gasteiger partial charge in [-0.2, -0.15) is 5.26 Å². The van der Waals surface area contributed by atoms with Crippen molar-refractivity contribution >= 4 is 22.8 Å². The first-order valence-electron chi connectivity index (χ1n) is 11.3. The molecule has 2 heterocycles. The Kier molecular flexibility index (Phi) is 7.90. The van der Waals surface area contributed by atoms with Gasteiger partial charge in [-0.15, -0.1) is 0 Å². The van der Waals surface area contributed by atoms with E-state index in [1.54, 1.807) is 26.0 Å². The highest BCUT2D eigenvalue weighted by atomic mass is 19.1. The van der Waals surface area contributed by atoms with E-state index in [1.165, 1.54) is 25.4 Å². The first-order chi connectivity index (χ1) is 17.0. The van der Waals surface area contributed by atoms with Crippen molar-refractivity contribution in [2.75, 3.05) is 13.6 Å². The van der Waals surface area contributed by atoms with Crippen LogP contribution in [0.1, 0.15) is 36.2 Å². The largest absolute Gasteiger partial charge is 0.505 e. The molecule has 0 radical (unpaired) electrons. The number of halogens is 1. The van der Waals surface area contributed by atoms with Crippen LogP contribution in [0.3, 0.4) is 0 Å². The molecule has 4 N–H and O–H groups in total. The predicted molar refractivity (Wildman–Crippen MR) is 130 cm³/mol. The molecular formula is C25H28FN5O5. The predicted octanol–water partition coefficient (Wildman–Crippen LogP) is 1.46. The molecule has 0 spiro atoms. The van der Waals surface area contributed by atoms with Crippen LogP contribution in [0.2, 0.25) is 0 Å². The summed E-state index contributed by atoms with van der Waals surface area (Å²) in [4.78, 5) is 42.3. The minimum absolute atomic E-state index is 0.0116. The van der Waals surface area contributed by atoms with Crippen molar-refractivity contribution in [3.8, 4) is 11.8 Å². The van der Waals surface area contributed by atoms with Crippen LogP contribution >= 0.6 is 0 Å². The molecule has 10 nitrogen and oxygen atoms in total. The van der Waals surface area contributed by atoms with E-state index in [4.69, 9.17) is 5.26 Å². The van der Waals surface area contributed by atoms with Crippen molar-refractivity contribution in [3.05, 3.63) is 57.8 Å². The summed E-state index contributed by atoms with van der Waals surface area (Å²) in [5, 5.41) is 35.1. The summed E-state index contributed by atoms with van der Waals surface area (Å²) in [6.45, 7) is 2.68. The fourth-order valence-corrected chi connectivity index (χ4v) is 3.78. The summed E-state index contributed by atoms with van der Waals surface area (Å²) in [6, 6.07) is 3.62. The van der Waals surface area contributed by atoms with E-state index < -0.39 is 46.8 Å². The molecule has 0 saturated carbocycles. The summed E-state index contributed by atoms with van der Waals surface area (Å²) in [5.74, 6) is -2.60. The van der Waals surface area contributed by atoms with Gasteiger partial charge in [0, 0.05) is 19.8 Å². The lowest BCUT2D eigenvalue weighted by Gasteiger charge is -2.20. The number of rotatable bonds is 8. The van der Waals surface area contributed by atoms with Crippen molar-refractivity contribution < 1.29 is 24.2 Å². The molecule has 2 aromatic rings. The van der Waals surface area contributed by atoms with Crippen molar-refractivity contribution in [2.45, 2.75) is 39.3 Å². The number of amides is 2. The van der Waals surface area contributed by atoms with Gasteiger partial charge >= 0.3 is 0 Å². The molecule has 11 heteroatoms. The van der Waals surface area contributed by atoms with Crippen LogP contribution in [-0.4, -0.2) is 51.3 Å². The number of hydrogen-bond donors (Lipinski definition) is 4. The maximum atomic E-state index is 13.3. The van der Waals surface area contributed by atoms with E-state index in [1.807, 2.05) is 6.07 Å². The number of allylic oxidation sites excluding steroid dienone is 4. The minimum atomic E-state index is -1.69. The summed E-state index contributed by atoms with van der Waals surface area (Å²) >= 11 is 0. The number of fused-ring (bicyclic) bond motifs is 1. The van der Waals surface area contributed by atoms with Crippen LogP contribution in [-0.2, 0) is 17.8 Å². The van der Waals surface area contributed by atoms with Gasteiger partial charge in [0.25, 0.3) is 17.4 Å². The lowest BCUT2D eigenvalue weighted by molar-refractivity contribution is -0.130. The number of aromatic nitrogens is 2. The van der Waals surface area contributed by atoms with Gasteiger partial charge in [0.15, 0.2) is 11.9 Å². The van der Waals surface area contributed by atoms with Crippen LogP contribution in [0.25, 0.3) is 11.0 Å². The van der Waals surface area contributed by atoms with Crippen molar-refractivity contribution in [2.24, 2.45) is 11.3 Å². The second kappa shape index (κ2) is 10.7. The van der Waals surface area contributed by atoms with Gasteiger partial charge < -0.3 is 25.4 Å². The number of hydrogen-bond acceptors (Lipinski definition) is 7. The smallest absolute Gasteiger partial charge is 0.267 e. The molecule has 1 aliphatic carbocycles. The number of nitrogens with zero attached hydrogens (tertiary/aromatic N) is 3. The Morgan fingerprint density at radius 2 is 2.14 bits per heavy atom. The molecule has 3 rings (SSSR count). The molecular weight excluding hydrogens is 469 g/mol. The quantitative estimate of drug-likeness (QED) is 0.430. The first kappa shape index (κ1) is 26.6. The lowest BCUT2D eigenvalue weighted by Crippen LogP contribution is -2.43. The number of pyridine rings is 2. The Bertz CT molecular complexity index is 1360. The van der Waals surface area contributed by atoms with Crippen LogP contribution in [0.15, 0.2) is 41.1 Å². The highest BCUT2D eigenvalue weighted by Gasteiger charge is 2.27. The van der Waals surface area contributed by atoms with Crippen LogP contribution in [0.5, 0.6) is 5.75 Å². The molecule has 0 fully saturated rings. The number of carbonyl (C=O) groups excluding carboxylic acids is 2. The second-order valence-corrected chi connectivity index (χ2v) is 9.31. The van der Waals surface area contributed by atoms with Crippen molar-refractivity contribution in [1.29, 1.82) is 5.26 Å². The van der Waals surface area contributed by atoms with E-state index in [0.717, 1.165) is 4.57 Å². The third-order valence-electron chi connectivity index (χ3n) is 5.90. The van der Waals surface area contributed by atoms with E-state index in [-0.39, 0.29) is 29.3 Å². The van der Waals surface area contributed by atoms with E-state index in [9.17, 15) is 29.0 Å². The van der Waals surface area contributed by atoms with Crippen molar-refractivity contribution in [1.82, 2.24) is 20.2 Å². The molecule has 0 bridgehead atoms. The van der Waals surface area contributed by atoms with Gasteiger partial charge in [0.05, 0.1) is 23.5 Å². The molecule has 0 aliphatic heterocycles. The summed E-state index contributed by atoms with van der Waals surface area (Å²) in [6.07, 6.45) is 5.31. The zero-order valence-corrected chi connectivity index (χ0v) is 20.2. The van der Waals surface area contributed by atoms with Crippen molar-refractivity contribution in [3.63, 3.8) is 0 Å². The van der Waals surface area contributed by atoms with Gasteiger partial charge in [-0.05, 0) is 56.4 Å². The Labute approximate surface area is 206 Å². The molecule has 2 amide bonds. The van der Waals surface area contributed by atoms with E-state index in [0.29, 0.717) is 18.4 Å². The number of aliphatic hydroxyl groups excluding tert-OH is 1. The Balaban J connectivity index is 2.02. The van der Waals surface area contributed by atoms with E-state index in [2.05, 4.69) is 15.6 Å². The fourth-order valence-electron chi connectivity index (χ4n) is 3.78. The number of nitriles is 1. The normalized spacial score (nSPS) is 16.2. The molecule has 2 aromatic heterocycles. The molecule has 1 unspecified atom stereocenters. The maximum absolute atomic E-state index is 13.3. The monoisotopic (exact) mass is 497 g/mol. The van der Waals surface area contributed by atoms with Gasteiger partial charge in [0.1, 0.15) is 16.9 Å². The number of carbonyl (C=O) groups is 2. The zero-order chi connectivity index (χ0) is 26.6. The van der Waals surface area contributed by atoms with Gasteiger partial charge in [0.2, 0.25) is 0 Å². The average molecular weight is 498 g/mol. The Morgan fingerprint density at radius 3 is 2.75 bits per heavy atom. The van der Waals surface area contributed by atoms with Crippen LogP contribution in [0, 0.1) is 22.7 Å². The maximum Gasteiger partial charge on any atom is 0.267 e. The topological polar surface area (TPSA) is 157 Å². The standard InChI is InChI=1S/C25H28FN5O5/c1-25(2,12-27)13-30-22(34)18(32)11-31-17-9-15(8-14-4-6-16(26)7-5-14)10-29-20(17)21(33)19(24(31)36)23(35)28-3/h4,6-7,9-10,14,18,32-33H,5,8,11,13H2,1-3H3,(H,28,35)(H,30,34)/t14?,18-/m0/s1. The molecule has 190 valence electrons. The number of aliphatic hydroxyl groups is 1. The Morgan fingerprint density at radius 1 is 1.42 bits per heavy atom. The molecule has 2 atom stereocenters. The second-order valence-electron chi connectivity index (χ2n) is 9.31. The average Bonchev–Trinajstić information content (AvgIpc) is 2.86. The summed E-state index contributed by atoms with van der Waals surface area (Å²) in [5.41, 5.74) is -1.62. The number of nitrogens with one attached hydrogen (secondary N) is 2. The van der Waals surface area contributed by atoms with Gasteiger partial charge in [-0.25, -0.2) is 4.39 Å². The lowest BCUT2D eigenvalue weighted by atomic mass is 9.93. The fraction of sp³-hybridized carbons (Fsp3) is 0.400. The van der Waals surface area contributed by atoms with E-state index >= 15 is 0 Å².